The maximum atomic E-state index is 13.0. The first-order valence-electron chi connectivity index (χ1n) is 11.7. The minimum absolute atomic E-state index is 0.242. The molecule has 1 aliphatic rings. The van der Waals surface area contributed by atoms with Crippen LogP contribution in [0.5, 0.6) is 0 Å². The molecule has 1 amide bonds. The van der Waals surface area contributed by atoms with Gasteiger partial charge in [-0.25, -0.2) is 0 Å². The van der Waals surface area contributed by atoms with Gasteiger partial charge in [-0.2, -0.15) is 5.48 Å². The van der Waals surface area contributed by atoms with Crippen molar-refractivity contribution in [1.82, 2.24) is 10.4 Å². The molecule has 1 aromatic carbocycles. The summed E-state index contributed by atoms with van der Waals surface area (Å²) in [7, 11) is 0. The maximum Gasteiger partial charge on any atom is 0.223 e. The number of carbonyl (C=O) groups excluding carboxylic acids is 1. The van der Waals surface area contributed by atoms with Crippen molar-refractivity contribution in [1.29, 1.82) is 0 Å². The van der Waals surface area contributed by atoms with Crippen molar-refractivity contribution in [3.63, 3.8) is 0 Å². The van der Waals surface area contributed by atoms with E-state index in [9.17, 15) is 4.79 Å². The van der Waals surface area contributed by atoms with Crippen LogP contribution in [-0.4, -0.2) is 36.0 Å². The van der Waals surface area contributed by atoms with E-state index in [0.717, 1.165) is 38.6 Å². The summed E-state index contributed by atoms with van der Waals surface area (Å²) in [5, 5.41) is 0. The molecular weight excluding hydrogens is 360 g/mol. The Morgan fingerprint density at radius 2 is 1.97 bits per heavy atom. The summed E-state index contributed by atoms with van der Waals surface area (Å²) in [5.41, 5.74) is 4.48. The summed E-state index contributed by atoms with van der Waals surface area (Å²) in [4.78, 5) is 20.8. The average Bonchev–Trinajstić information content (AvgIpc) is 3.19. The van der Waals surface area contributed by atoms with Crippen LogP contribution in [0.1, 0.15) is 78.2 Å². The SMILES string of the molecule is CCC(C)CC(CC)CC(=O)N1CCCC1C[C@@H](C)NOCCc1ccccc1. The fourth-order valence-electron chi connectivity index (χ4n) is 4.37. The number of nitrogens with zero attached hydrogens (tertiary/aromatic N) is 1. The number of benzene rings is 1. The van der Waals surface area contributed by atoms with Gasteiger partial charge in [-0.15, -0.1) is 0 Å². The van der Waals surface area contributed by atoms with Gasteiger partial charge in [0.2, 0.25) is 5.91 Å². The van der Waals surface area contributed by atoms with Crippen molar-refractivity contribution >= 4 is 5.91 Å². The fraction of sp³-hybridized carbons (Fsp3) is 0.720. The minimum Gasteiger partial charge on any atom is -0.340 e. The van der Waals surface area contributed by atoms with Crippen LogP contribution >= 0.6 is 0 Å². The molecular formula is C25H42N2O2. The van der Waals surface area contributed by atoms with Gasteiger partial charge in [0.15, 0.2) is 0 Å². The first-order chi connectivity index (χ1) is 14.0. The molecule has 1 heterocycles. The molecule has 4 heteroatoms. The van der Waals surface area contributed by atoms with Gasteiger partial charge in [-0.1, -0.05) is 63.9 Å². The number of hydroxylamine groups is 1. The summed E-state index contributed by atoms with van der Waals surface area (Å²) in [5.74, 6) is 1.59. The lowest BCUT2D eigenvalue weighted by Gasteiger charge is -2.29. The molecule has 0 aromatic heterocycles. The van der Waals surface area contributed by atoms with Crippen LogP contribution in [0.2, 0.25) is 0 Å². The molecule has 1 aliphatic heterocycles. The lowest BCUT2D eigenvalue weighted by Crippen LogP contribution is -2.40. The van der Waals surface area contributed by atoms with Crippen molar-refractivity contribution in [3.05, 3.63) is 35.9 Å². The monoisotopic (exact) mass is 402 g/mol. The Balaban J connectivity index is 1.72. The summed E-state index contributed by atoms with van der Waals surface area (Å²) in [6.07, 6.45) is 8.29. The van der Waals surface area contributed by atoms with E-state index in [4.69, 9.17) is 4.84 Å². The Morgan fingerprint density at radius 3 is 2.66 bits per heavy atom. The van der Waals surface area contributed by atoms with E-state index in [0.29, 0.717) is 36.8 Å². The molecule has 0 spiro atoms. The van der Waals surface area contributed by atoms with Crippen molar-refractivity contribution < 1.29 is 9.63 Å². The molecule has 0 aliphatic carbocycles. The lowest BCUT2D eigenvalue weighted by atomic mass is 9.89. The van der Waals surface area contributed by atoms with E-state index in [1.165, 1.54) is 18.4 Å². The second kappa shape index (κ2) is 13.0. The average molecular weight is 403 g/mol. The highest BCUT2D eigenvalue weighted by Gasteiger charge is 2.30. The molecule has 0 bridgehead atoms. The first kappa shape index (κ1) is 23.9. The van der Waals surface area contributed by atoms with Crippen molar-refractivity contribution in [2.45, 2.75) is 91.1 Å². The van der Waals surface area contributed by atoms with E-state index in [-0.39, 0.29) is 6.04 Å². The predicted octanol–water partition coefficient (Wildman–Crippen LogP) is 5.37. The van der Waals surface area contributed by atoms with Gasteiger partial charge in [0, 0.05) is 25.0 Å². The van der Waals surface area contributed by atoms with Crippen molar-refractivity contribution in [2.75, 3.05) is 13.2 Å². The maximum absolute atomic E-state index is 13.0. The molecule has 1 aromatic rings. The van der Waals surface area contributed by atoms with E-state index >= 15 is 0 Å². The zero-order valence-electron chi connectivity index (χ0n) is 19.0. The van der Waals surface area contributed by atoms with Crippen LogP contribution in [0.3, 0.4) is 0 Å². The summed E-state index contributed by atoms with van der Waals surface area (Å²) in [6, 6.07) is 11.0. The highest BCUT2D eigenvalue weighted by atomic mass is 16.6. The van der Waals surface area contributed by atoms with Crippen LogP contribution < -0.4 is 5.48 Å². The lowest BCUT2D eigenvalue weighted by molar-refractivity contribution is -0.133. The Bertz CT molecular complexity index is 577. The third-order valence-corrected chi connectivity index (χ3v) is 6.42. The van der Waals surface area contributed by atoms with Gasteiger partial charge < -0.3 is 9.74 Å². The van der Waals surface area contributed by atoms with Gasteiger partial charge in [0.1, 0.15) is 0 Å². The molecule has 4 nitrogen and oxygen atoms in total. The smallest absolute Gasteiger partial charge is 0.223 e. The Labute approximate surface area is 178 Å². The number of hydrogen-bond donors (Lipinski definition) is 1. The largest absolute Gasteiger partial charge is 0.340 e. The normalized spacial score (nSPS) is 19.9. The molecule has 164 valence electrons. The fourth-order valence-corrected chi connectivity index (χ4v) is 4.37. The molecule has 1 saturated heterocycles. The van der Waals surface area contributed by atoms with Crippen molar-refractivity contribution in [2.24, 2.45) is 11.8 Å². The molecule has 4 atom stereocenters. The van der Waals surface area contributed by atoms with E-state index in [1.54, 1.807) is 0 Å². The zero-order chi connectivity index (χ0) is 21.1. The van der Waals surface area contributed by atoms with Crippen molar-refractivity contribution in [3.8, 4) is 0 Å². The molecule has 1 fully saturated rings. The van der Waals surface area contributed by atoms with E-state index < -0.39 is 0 Å². The zero-order valence-corrected chi connectivity index (χ0v) is 19.0. The number of amides is 1. The molecule has 29 heavy (non-hydrogen) atoms. The van der Waals surface area contributed by atoms with Gasteiger partial charge >= 0.3 is 0 Å². The summed E-state index contributed by atoms with van der Waals surface area (Å²) < 4.78 is 0. The van der Waals surface area contributed by atoms with E-state index in [2.05, 4.69) is 62.3 Å². The Hall–Kier alpha value is -1.39. The van der Waals surface area contributed by atoms with Gasteiger partial charge in [0.05, 0.1) is 6.61 Å². The highest BCUT2D eigenvalue weighted by molar-refractivity contribution is 5.77. The topological polar surface area (TPSA) is 41.6 Å². The molecule has 0 saturated carbocycles. The highest BCUT2D eigenvalue weighted by Crippen LogP contribution is 2.26. The predicted molar refractivity (Wildman–Crippen MR) is 121 cm³/mol. The third kappa shape index (κ3) is 8.47. The van der Waals surface area contributed by atoms with Crippen LogP contribution in [-0.2, 0) is 16.1 Å². The molecule has 1 N–H and O–H groups in total. The molecule has 2 rings (SSSR count). The number of nitrogens with one attached hydrogen (secondary N) is 1. The second-order valence-electron chi connectivity index (χ2n) is 8.95. The first-order valence-corrected chi connectivity index (χ1v) is 11.7. The summed E-state index contributed by atoms with van der Waals surface area (Å²) >= 11 is 0. The number of carbonyl (C=O) groups is 1. The molecule has 0 radical (unpaired) electrons. The van der Waals surface area contributed by atoms with Gasteiger partial charge in [-0.05, 0) is 56.4 Å². The van der Waals surface area contributed by atoms with Crippen LogP contribution in [0, 0.1) is 11.8 Å². The van der Waals surface area contributed by atoms with Gasteiger partial charge in [-0.3, -0.25) is 4.79 Å². The standard InChI is InChI=1S/C25H42N2O2/c1-5-20(3)17-22(6-2)19-25(28)27-15-10-13-24(27)18-21(4)26-29-16-14-23-11-8-7-9-12-23/h7-9,11-12,20-22,24,26H,5-6,10,13-19H2,1-4H3/t20?,21-,22?,24?/m1/s1. The Kier molecular flexibility index (Phi) is 10.7. The summed E-state index contributed by atoms with van der Waals surface area (Å²) in [6.45, 7) is 10.5. The second-order valence-corrected chi connectivity index (χ2v) is 8.95. The third-order valence-electron chi connectivity index (χ3n) is 6.42. The number of rotatable bonds is 13. The van der Waals surface area contributed by atoms with Crippen LogP contribution in [0.15, 0.2) is 30.3 Å². The number of likely N-dealkylation sites (tertiary alicyclic amines) is 1. The van der Waals surface area contributed by atoms with Gasteiger partial charge in [0.25, 0.3) is 0 Å². The van der Waals surface area contributed by atoms with Crippen LogP contribution in [0.25, 0.3) is 0 Å². The van der Waals surface area contributed by atoms with Crippen LogP contribution in [0.4, 0.5) is 0 Å². The Morgan fingerprint density at radius 1 is 1.21 bits per heavy atom. The van der Waals surface area contributed by atoms with E-state index in [1.807, 2.05) is 6.07 Å². The minimum atomic E-state index is 0.242. The number of hydrogen-bond acceptors (Lipinski definition) is 3. The quantitative estimate of drug-likeness (QED) is 0.356. The molecule has 3 unspecified atom stereocenters.